The molecule has 1 amide bonds. The average molecular weight is 355 g/mol. The zero-order valence-corrected chi connectivity index (χ0v) is 14.8. The molecule has 4 rings (SSSR count). The molecule has 1 fully saturated rings. The number of fused-ring (bicyclic) bond motifs is 1. The third-order valence-electron chi connectivity index (χ3n) is 4.94. The van der Waals surface area contributed by atoms with Crippen molar-refractivity contribution in [1.29, 1.82) is 0 Å². The van der Waals surface area contributed by atoms with Gasteiger partial charge in [0, 0.05) is 17.8 Å². The molecule has 0 aliphatic carbocycles. The Morgan fingerprint density at radius 2 is 2.15 bits per heavy atom. The van der Waals surface area contributed by atoms with Crippen molar-refractivity contribution in [3.8, 4) is 0 Å². The molecule has 1 atom stereocenters. The average Bonchev–Trinajstić information content (AvgIpc) is 3.14. The number of nitrogens with zero attached hydrogens (tertiary/aromatic N) is 3. The van der Waals surface area contributed by atoms with E-state index in [0.29, 0.717) is 19.8 Å². The Bertz CT molecular complexity index is 996. The zero-order valence-electron chi connectivity index (χ0n) is 14.8. The normalized spacial score (nSPS) is 17.8. The largest absolute Gasteiger partial charge is 0.377 e. The van der Waals surface area contributed by atoms with Gasteiger partial charge in [0.1, 0.15) is 6.54 Å². The van der Waals surface area contributed by atoms with Crippen LogP contribution in [0.15, 0.2) is 29.1 Å². The molecule has 3 heterocycles. The standard InChI is InChI=1S/C18H21N5O3/c1-11-17(12(2)21-20-11)15-10-26-8-7-22(15)16(24)9-23-14-6-4-3-5-13(14)19-18(23)25/h3-6,15H,7-10H2,1-2H3,(H,19,25)(H,20,21). The highest BCUT2D eigenvalue weighted by molar-refractivity contribution is 5.81. The van der Waals surface area contributed by atoms with Crippen molar-refractivity contribution in [2.45, 2.75) is 26.4 Å². The van der Waals surface area contributed by atoms with E-state index >= 15 is 0 Å². The number of aryl methyl sites for hydroxylation is 2. The molecule has 1 aliphatic heterocycles. The molecule has 0 saturated carbocycles. The van der Waals surface area contributed by atoms with E-state index in [9.17, 15) is 9.59 Å². The number of hydrogen-bond donors (Lipinski definition) is 2. The van der Waals surface area contributed by atoms with Crippen LogP contribution in [0, 0.1) is 13.8 Å². The maximum atomic E-state index is 13.1. The van der Waals surface area contributed by atoms with Gasteiger partial charge in [0.15, 0.2) is 0 Å². The van der Waals surface area contributed by atoms with Crippen LogP contribution in [0.3, 0.4) is 0 Å². The van der Waals surface area contributed by atoms with Crippen LogP contribution in [0.2, 0.25) is 0 Å². The fourth-order valence-electron chi connectivity index (χ4n) is 3.68. The van der Waals surface area contributed by atoms with Gasteiger partial charge in [0.25, 0.3) is 0 Å². The van der Waals surface area contributed by atoms with Crippen LogP contribution in [0.4, 0.5) is 0 Å². The Balaban J connectivity index is 1.65. The summed E-state index contributed by atoms with van der Waals surface area (Å²) in [6, 6.07) is 7.17. The number of amides is 1. The van der Waals surface area contributed by atoms with Crippen molar-refractivity contribution in [1.82, 2.24) is 24.6 Å². The molecule has 0 spiro atoms. The van der Waals surface area contributed by atoms with Crippen LogP contribution < -0.4 is 5.69 Å². The van der Waals surface area contributed by atoms with E-state index in [1.54, 1.807) is 4.90 Å². The van der Waals surface area contributed by atoms with E-state index in [0.717, 1.165) is 28.0 Å². The first kappa shape index (κ1) is 16.6. The van der Waals surface area contributed by atoms with Crippen LogP contribution in [-0.4, -0.2) is 50.3 Å². The monoisotopic (exact) mass is 355 g/mol. The van der Waals surface area contributed by atoms with E-state index in [1.165, 1.54) is 4.57 Å². The number of morpholine rings is 1. The fraction of sp³-hybridized carbons (Fsp3) is 0.389. The lowest BCUT2D eigenvalue weighted by Gasteiger charge is -2.36. The van der Waals surface area contributed by atoms with Gasteiger partial charge in [0.05, 0.1) is 36.0 Å². The molecule has 8 heteroatoms. The Kier molecular flexibility index (Phi) is 4.12. The fourth-order valence-corrected chi connectivity index (χ4v) is 3.68. The van der Waals surface area contributed by atoms with Crippen LogP contribution in [0.1, 0.15) is 23.0 Å². The SMILES string of the molecule is Cc1n[nH]c(C)c1C1COCCN1C(=O)Cn1c(=O)[nH]c2ccccc21. The predicted molar refractivity (Wildman–Crippen MR) is 95.9 cm³/mol. The number of hydrogen-bond acceptors (Lipinski definition) is 4. The number of carbonyl (C=O) groups excluding carboxylic acids is 1. The zero-order chi connectivity index (χ0) is 18.3. The molecule has 2 N–H and O–H groups in total. The Morgan fingerprint density at radius 3 is 2.92 bits per heavy atom. The molecule has 1 aliphatic rings. The van der Waals surface area contributed by atoms with Crippen molar-refractivity contribution in [3.05, 3.63) is 51.7 Å². The molecule has 0 radical (unpaired) electrons. The lowest BCUT2D eigenvalue weighted by Crippen LogP contribution is -2.45. The summed E-state index contributed by atoms with van der Waals surface area (Å²) in [6.07, 6.45) is 0. The molecule has 0 bridgehead atoms. The smallest absolute Gasteiger partial charge is 0.326 e. The number of benzene rings is 1. The van der Waals surface area contributed by atoms with Gasteiger partial charge in [-0.25, -0.2) is 4.79 Å². The van der Waals surface area contributed by atoms with Crippen molar-refractivity contribution < 1.29 is 9.53 Å². The number of H-pyrrole nitrogens is 2. The number of para-hydroxylation sites is 2. The number of carbonyl (C=O) groups is 1. The first-order valence-electron chi connectivity index (χ1n) is 8.62. The Hall–Kier alpha value is -2.87. The molecule has 1 aromatic carbocycles. The quantitative estimate of drug-likeness (QED) is 0.739. The maximum absolute atomic E-state index is 13.1. The van der Waals surface area contributed by atoms with Gasteiger partial charge in [-0.1, -0.05) is 12.1 Å². The number of nitrogens with one attached hydrogen (secondary N) is 2. The number of ether oxygens (including phenoxy) is 1. The van der Waals surface area contributed by atoms with Gasteiger partial charge in [-0.15, -0.1) is 0 Å². The van der Waals surface area contributed by atoms with Crippen molar-refractivity contribution >= 4 is 16.9 Å². The topological polar surface area (TPSA) is 96.0 Å². The maximum Gasteiger partial charge on any atom is 0.326 e. The summed E-state index contributed by atoms with van der Waals surface area (Å²) in [6.45, 7) is 5.26. The molecule has 1 saturated heterocycles. The van der Waals surface area contributed by atoms with Gasteiger partial charge in [-0.2, -0.15) is 5.10 Å². The van der Waals surface area contributed by atoms with Gasteiger partial charge in [-0.05, 0) is 26.0 Å². The summed E-state index contributed by atoms with van der Waals surface area (Å²) in [4.78, 5) is 29.9. The summed E-state index contributed by atoms with van der Waals surface area (Å²) in [7, 11) is 0. The lowest BCUT2D eigenvalue weighted by molar-refractivity contribution is -0.140. The molecule has 136 valence electrons. The molecule has 26 heavy (non-hydrogen) atoms. The van der Waals surface area contributed by atoms with E-state index in [-0.39, 0.29) is 24.2 Å². The second-order valence-corrected chi connectivity index (χ2v) is 6.56. The highest BCUT2D eigenvalue weighted by Crippen LogP contribution is 2.28. The number of aromatic amines is 2. The molecule has 2 aromatic heterocycles. The van der Waals surface area contributed by atoms with Crippen LogP contribution in [-0.2, 0) is 16.1 Å². The molecule has 8 nitrogen and oxygen atoms in total. The Labute approximate surface area is 149 Å². The number of rotatable bonds is 3. The first-order valence-corrected chi connectivity index (χ1v) is 8.62. The Morgan fingerprint density at radius 1 is 1.35 bits per heavy atom. The highest BCUT2D eigenvalue weighted by atomic mass is 16.5. The third-order valence-corrected chi connectivity index (χ3v) is 4.94. The van der Waals surface area contributed by atoms with Crippen LogP contribution in [0.25, 0.3) is 11.0 Å². The van der Waals surface area contributed by atoms with Crippen molar-refractivity contribution in [2.75, 3.05) is 19.8 Å². The summed E-state index contributed by atoms with van der Waals surface area (Å²) in [5.74, 6) is -0.106. The molecule has 3 aromatic rings. The third kappa shape index (κ3) is 2.72. The minimum atomic E-state index is -0.278. The summed E-state index contributed by atoms with van der Waals surface area (Å²) >= 11 is 0. The summed E-state index contributed by atoms with van der Waals surface area (Å²) in [5, 5.41) is 7.21. The second kappa shape index (κ2) is 6.45. The molecular formula is C18H21N5O3. The van der Waals surface area contributed by atoms with Gasteiger partial charge >= 0.3 is 5.69 Å². The minimum Gasteiger partial charge on any atom is -0.377 e. The van der Waals surface area contributed by atoms with Gasteiger partial charge in [-0.3, -0.25) is 14.5 Å². The highest BCUT2D eigenvalue weighted by Gasteiger charge is 2.32. The van der Waals surface area contributed by atoms with E-state index in [1.807, 2.05) is 38.1 Å². The lowest BCUT2D eigenvalue weighted by atomic mass is 10.0. The first-order chi connectivity index (χ1) is 12.6. The molecule has 1 unspecified atom stereocenters. The van der Waals surface area contributed by atoms with Gasteiger partial charge < -0.3 is 14.6 Å². The summed E-state index contributed by atoms with van der Waals surface area (Å²) in [5.41, 5.74) is 3.96. The summed E-state index contributed by atoms with van der Waals surface area (Å²) < 4.78 is 7.10. The molecular weight excluding hydrogens is 334 g/mol. The number of aromatic nitrogens is 4. The van der Waals surface area contributed by atoms with Crippen molar-refractivity contribution in [2.24, 2.45) is 0 Å². The van der Waals surface area contributed by atoms with Gasteiger partial charge in [0.2, 0.25) is 5.91 Å². The van der Waals surface area contributed by atoms with E-state index < -0.39 is 0 Å². The minimum absolute atomic E-state index is 0.00467. The van der Waals surface area contributed by atoms with Crippen LogP contribution >= 0.6 is 0 Å². The second-order valence-electron chi connectivity index (χ2n) is 6.56. The van der Waals surface area contributed by atoms with E-state index in [4.69, 9.17) is 4.74 Å². The van der Waals surface area contributed by atoms with Crippen molar-refractivity contribution in [3.63, 3.8) is 0 Å². The van der Waals surface area contributed by atoms with E-state index in [2.05, 4.69) is 15.2 Å². The predicted octanol–water partition coefficient (Wildman–Crippen LogP) is 1.27. The number of imidazole rings is 1. The van der Waals surface area contributed by atoms with Crippen LogP contribution in [0.5, 0.6) is 0 Å².